The maximum absolute atomic E-state index is 14.1. The van der Waals surface area contributed by atoms with E-state index >= 15 is 0 Å². The molecule has 9 nitrogen and oxygen atoms in total. The smallest absolute Gasteiger partial charge is 0.246 e. The van der Waals surface area contributed by atoms with Crippen molar-refractivity contribution in [2.45, 2.75) is 57.9 Å². The molecule has 4 heterocycles. The van der Waals surface area contributed by atoms with E-state index < -0.39 is 41.0 Å². The Kier molecular flexibility index (Phi) is 5.34. The number of nitrogens with zero attached hydrogens (tertiary/aromatic N) is 2. The molecule has 2 aromatic rings. The van der Waals surface area contributed by atoms with Gasteiger partial charge in [-0.05, 0) is 52.3 Å². The van der Waals surface area contributed by atoms with Crippen LogP contribution < -0.4 is 15.5 Å². The lowest BCUT2D eigenvalue weighted by Crippen LogP contribution is -2.58. The third-order valence-corrected chi connectivity index (χ3v) is 7.11. The van der Waals surface area contributed by atoms with Crippen LogP contribution in [0.5, 0.6) is 0 Å². The van der Waals surface area contributed by atoms with Crippen LogP contribution in [0.3, 0.4) is 0 Å². The summed E-state index contributed by atoms with van der Waals surface area (Å²) in [5, 5.41) is 10.0. The van der Waals surface area contributed by atoms with Crippen molar-refractivity contribution in [1.82, 2.24) is 10.5 Å². The maximum Gasteiger partial charge on any atom is 0.246 e. The summed E-state index contributed by atoms with van der Waals surface area (Å²) >= 11 is 6.38. The average Bonchev–Trinajstić information content (AvgIpc) is 3.49. The maximum atomic E-state index is 14.1. The predicted octanol–water partition coefficient (Wildman–Crippen LogP) is 3.15. The minimum Gasteiger partial charge on any atom is -0.360 e. The molecule has 35 heavy (non-hydrogen) atoms. The van der Waals surface area contributed by atoms with Crippen LogP contribution in [-0.4, -0.2) is 46.2 Å². The van der Waals surface area contributed by atoms with Gasteiger partial charge in [0.15, 0.2) is 5.82 Å². The van der Waals surface area contributed by atoms with E-state index in [1.165, 1.54) is 4.90 Å². The Morgan fingerprint density at radius 1 is 1.20 bits per heavy atom. The van der Waals surface area contributed by atoms with Crippen LogP contribution in [0.15, 0.2) is 40.9 Å². The molecule has 5 rings (SSSR count). The standard InChI is InChI=1S/C25H27ClN4O5/c1-12-11-17(29-35-12)27-21(31)18-16-9-10-25(34-16)19(18)23(33)30(15-8-6-7-14(26)13(15)2)20(25)22(32)28-24(3,4)5/h6-11,16,18-20H,1-5H3,(H,28,32)(H,27,29,31)/t16-,18-,19+,20+,25-/m1/s1. The molecule has 0 unspecified atom stereocenters. The van der Waals surface area contributed by atoms with E-state index in [-0.39, 0.29) is 17.6 Å². The lowest BCUT2D eigenvalue weighted by molar-refractivity contribution is -0.129. The molecule has 2 saturated heterocycles. The number of halogens is 1. The van der Waals surface area contributed by atoms with Crippen molar-refractivity contribution < 1.29 is 23.6 Å². The van der Waals surface area contributed by atoms with Gasteiger partial charge in [-0.1, -0.05) is 35.0 Å². The molecule has 1 spiro atoms. The number of ether oxygens (including phenoxy) is 1. The number of aryl methyl sites for hydroxylation is 1. The van der Waals surface area contributed by atoms with Gasteiger partial charge in [-0.25, -0.2) is 0 Å². The molecule has 3 aliphatic heterocycles. The van der Waals surface area contributed by atoms with Gasteiger partial charge in [0.05, 0.1) is 17.9 Å². The number of rotatable bonds is 4. The number of nitrogens with one attached hydrogen (secondary N) is 2. The molecule has 0 aliphatic carbocycles. The first kappa shape index (κ1) is 23.6. The quantitative estimate of drug-likeness (QED) is 0.626. The molecule has 1 aromatic carbocycles. The van der Waals surface area contributed by atoms with E-state index in [1.807, 2.05) is 20.8 Å². The van der Waals surface area contributed by atoms with Crippen LogP contribution in [0.25, 0.3) is 0 Å². The number of benzene rings is 1. The van der Waals surface area contributed by atoms with Crippen molar-refractivity contribution in [3.8, 4) is 0 Å². The zero-order valence-electron chi connectivity index (χ0n) is 20.1. The van der Waals surface area contributed by atoms with E-state index in [9.17, 15) is 14.4 Å². The third-order valence-electron chi connectivity index (χ3n) is 6.70. The molecule has 2 N–H and O–H groups in total. The normalized spacial score (nSPS) is 29.0. The average molecular weight is 499 g/mol. The Morgan fingerprint density at radius 2 is 1.94 bits per heavy atom. The van der Waals surface area contributed by atoms with Gasteiger partial charge < -0.3 is 19.9 Å². The summed E-state index contributed by atoms with van der Waals surface area (Å²) in [5.41, 5.74) is -0.684. The predicted molar refractivity (Wildman–Crippen MR) is 129 cm³/mol. The highest BCUT2D eigenvalue weighted by Gasteiger charge is 2.73. The summed E-state index contributed by atoms with van der Waals surface area (Å²) in [5.74, 6) is -2.12. The van der Waals surface area contributed by atoms with E-state index in [0.29, 0.717) is 22.0 Å². The van der Waals surface area contributed by atoms with E-state index in [0.717, 1.165) is 0 Å². The van der Waals surface area contributed by atoms with Crippen LogP contribution in [0, 0.1) is 25.7 Å². The molecule has 0 radical (unpaired) electrons. The van der Waals surface area contributed by atoms with Crippen molar-refractivity contribution in [1.29, 1.82) is 0 Å². The van der Waals surface area contributed by atoms with Crippen molar-refractivity contribution in [3.63, 3.8) is 0 Å². The first-order chi connectivity index (χ1) is 16.4. The Hall–Kier alpha value is -3.17. The number of aromatic nitrogens is 1. The molecule has 184 valence electrons. The van der Waals surface area contributed by atoms with Crippen LogP contribution in [0.4, 0.5) is 11.5 Å². The zero-order valence-corrected chi connectivity index (χ0v) is 20.8. The molecule has 5 atom stereocenters. The molecule has 3 amide bonds. The Labute approximate surface area is 207 Å². The van der Waals surface area contributed by atoms with Gasteiger partial charge in [0, 0.05) is 22.3 Å². The van der Waals surface area contributed by atoms with E-state index in [2.05, 4.69) is 15.8 Å². The number of carbonyl (C=O) groups excluding carboxylic acids is 3. The minimum atomic E-state index is -1.30. The molecule has 0 saturated carbocycles. The SMILES string of the molecule is Cc1cc(NC(=O)[C@H]2[C@H]3C(=O)N(c4cccc(Cl)c4C)[C@@H](C(=O)NC(C)(C)C)[C@@]34C=C[C@H]2O4)no1. The summed E-state index contributed by atoms with van der Waals surface area (Å²) in [7, 11) is 0. The summed E-state index contributed by atoms with van der Waals surface area (Å²) in [6.45, 7) is 9.10. The molecule has 10 heteroatoms. The molecular formula is C25H27ClN4O5. The van der Waals surface area contributed by atoms with Gasteiger partial charge in [-0.2, -0.15) is 0 Å². The van der Waals surface area contributed by atoms with Crippen molar-refractivity contribution in [2.75, 3.05) is 10.2 Å². The second-order valence-electron chi connectivity index (χ2n) is 10.3. The number of amides is 3. The number of hydrogen-bond acceptors (Lipinski definition) is 6. The lowest BCUT2D eigenvalue weighted by Gasteiger charge is -2.35. The summed E-state index contributed by atoms with van der Waals surface area (Å²) in [6, 6.07) is 5.77. The molecular weight excluding hydrogens is 472 g/mol. The Bertz CT molecular complexity index is 1260. The Morgan fingerprint density at radius 3 is 2.60 bits per heavy atom. The second-order valence-corrected chi connectivity index (χ2v) is 10.8. The highest BCUT2D eigenvalue weighted by molar-refractivity contribution is 6.32. The van der Waals surface area contributed by atoms with Gasteiger partial charge in [0.1, 0.15) is 17.4 Å². The monoisotopic (exact) mass is 498 g/mol. The van der Waals surface area contributed by atoms with Crippen LogP contribution in [-0.2, 0) is 19.1 Å². The van der Waals surface area contributed by atoms with Crippen LogP contribution in [0.2, 0.25) is 5.02 Å². The number of fused-ring (bicyclic) bond motifs is 1. The van der Waals surface area contributed by atoms with Gasteiger partial charge in [0.2, 0.25) is 17.7 Å². The summed E-state index contributed by atoms with van der Waals surface area (Å²) in [4.78, 5) is 42.6. The van der Waals surface area contributed by atoms with E-state index in [1.54, 1.807) is 50.3 Å². The summed E-state index contributed by atoms with van der Waals surface area (Å²) in [6.07, 6.45) is 2.87. The molecule has 2 fully saturated rings. The van der Waals surface area contributed by atoms with E-state index in [4.69, 9.17) is 20.9 Å². The number of anilines is 2. The van der Waals surface area contributed by atoms with Crippen molar-refractivity contribution in [3.05, 3.63) is 52.8 Å². The lowest BCUT2D eigenvalue weighted by atomic mass is 9.74. The van der Waals surface area contributed by atoms with Gasteiger partial charge in [-0.3, -0.25) is 19.3 Å². The van der Waals surface area contributed by atoms with Gasteiger partial charge in [0.25, 0.3) is 0 Å². The zero-order chi connectivity index (χ0) is 25.3. The first-order valence-corrected chi connectivity index (χ1v) is 11.8. The van der Waals surface area contributed by atoms with Gasteiger partial charge >= 0.3 is 0 Å². The topological polar surface area (TPSA) is 114 Å². The fourth-order valence-electron chi connectivity index (χ4n) is 5.36. The van der Waals surface area contributed by atoms with Gasteiger partial charge in [-0.15, -0.1) is 0 Å². The fourth-order valence-corrected chi connectivity index (χ4v) is 5.53. The highest BCUT2D eigenvalue weighted by atomic mass is 35.5. The molecule has 1 aromatic heterocycles. The van der Waals surface area contributed by atoms with Crippen molar-refractivity contribution >= 4 is 40.8 Å². The third kappa shape index (κ3) is 3.65. The minimum absolute atomic E-state index is 0.253. The van der Waals surface area contributed by atoms with Crippen LogP contribution in [0.1, 0.15) is 32.1 Å². The fraction of sp³-hybridized carbons (Fsp3) is 0.440. The van der Waals surface area contributed by atoms with Crippen LogP contribution >= 0.6 is 11.6 Å². The summed E-state index contributed by atoms with van der Waals surface area (Å²) < 4.78 is 11.4. The Balaban J connectivity index is 1.59. The second kappa shape index (κ2) is 7.93. The largest absolute Gasteiger partial charge is 0.360 e. The van der Waals surface area contributed by atoms with Crippen molar-refractivity contribution in [2.24, 2.45) is 11.8 Å². The number of carbonyl (C=O) groups is 3. The highest BCUT2D eigenvalue weighted by Crippen LogP contribution is 2.56. The molecule has 2 bridgehead atoms. The first-order valence-electron chi connectivity index (χ1n) is 11.4. The molecule has 3 aliphatic rings. The number of hydrogen-bond donors (Lipinski definition) is 2.